The molecule has 3 heteroatoms. The van der Waals surface area contributed by atoms with E-state index < -0.39 is 0 Å². The number of aryl methyl sites for hydroxylation is 4. The summed E-state index contributed by atoms with van der Waals surface area (Å²) >= 11 is 0. The van der Waals surface area contributed by atoms with Crippen LogP contribution in [-0.4, -0.2) is 23.2 Å². The lowest BCUT2D eigenvalue weighted by Gasteiger charge is -2.15. The second-order valence-corrected chi connectivity index (χ2v) is 13.9. The van der Waals surface area contributed by atoms with Crippen molar-refractivity contribution in [2.24, 2.45) is 0 Å². The minimum atomic E-state index is 0.942. The first-order chi connectivity index (χ1) is 25.3. The summed E-state index contributed by atoms with van der Waals surface area (Å²) in [4.78, 5) is 3.94. The lowest BCUT2D eigenvalue weighted by Crippen LogP contribution is -2.15. The Bertz CT molecular complexity index is 2480. The summed E-state index contributed by atoms with van der Waals surface area (Å²) < 4.78 is 1.89. The van der Waals surface area contributed by atoms with Crippen LogP contribution in [0.4, 0.5) is 0 Å². The van der Waals surface area contributed by atoms with Gasteiger partial charge in [-0.3, -0.25) is 4.49 Å². The predicted octanol–water partition coefficient (Wildman–Crippen LogP) is 11.7. The summed E-state index contributed by atoms with van der Waals surface area (Å²) in [5.74, 6) is 0. The molecule has 0 atom stereocenters. The average Bonchev–Trinajstić information content (AvgIpc) is 3.76. The van der Waals surface area contributed by atoms with Gasteiger partial charge in [0, 0.05) is 22.9 Å². The van der Waals surface area contributed by atoms with Gasteiger partial charge in [0.2, 0.25) is 0 Å². The van der Waals surface area contributed by atoms with Crippen LogP contribution in [0.25, 0.3) is 44.7 Å². The fourth-order valence-corrected chi connectivity index (χ4v) is 7.04. The molecule has 6 aromatic carbocycles. The third kappa shape index (κ3) is 6.42. The van der Waals surface area contributed by atoms with Crippen molar-refractivity contribution in [1.29, 1.82) is 0 Å². The van der Waals surface area contributed by atoms with Crippen LogP contribution in [0.2, 0.25) is 0 Å². The molecular formula is C49H40BN2+. The standard InChI is InChI=1S/C49H40BN2/c1-32-10-18-38(19-11-32)43-30-45(40-22-14-34(3)15-23-40)51-48(43)47(42-28-26-37(27-29-42)36-8-6-5-7-9-36)49-44(39-20-12-33(2)13-21-39)31-46(52(49)50)41-24-16-35(4)17-25-41/h5-31,51H,1-4H3/q+1. The topological polar surface area (TPSA) is 18.8 Å². The van der Waals surface area contributed by atoms with Gasteiger partial charge in [-0.1, -0.05) is 162 Å². The largest absolute Gasteiger partial charge is 0.587 e. The number of hydrogen-bond acceptors (Lipinski definition) is 0. The number of hydrogen-bond donors (Lipinski definition) is 1. The SMILES string of the molecule is [B][N+]1=C(c2ccc(C)cc2)C=C(c2ccc(C)cc2)/C1=C(\c1ccc(-c2ccccc2)cc1)c1[nH]c(-c2ccc(C)cc2)cc1-c1ccc(C)cc1. The highest BCUT2D eigenvalue weighted by atomic mass is 15.0. The molecule has 1 N–H and O–H groups in total. The van der Waals surface area contributed by atoms with Crippen LogP contribution in [0.1, 0.15) is 44.6 Å². The fraction of sp³-hybridized carbons (Fsp3) is 0.0816. The Hall–Kier alpha value is -6.19. The normalized spacial score (nSPS) is 13.7. The van der Waals surface area contributed by atoms with Gasteiger partial charge in [-0.15, -0.1) is 0 Å². The summed E-state index contributed by atoms with van der Waals surface area (Å²) in [6.07, 6.45) is 2.25. The third-order valence-corrected chi connectivity index (χ3v) is 10.1. The lowest BCUT2D eigenvalue weighted by molar-refractivity contribution is -0.296. The van der Waals surface area contributed by atoms with E-state index in [4.69, 9.17) is 7.98 Å². The highest BCUT2D eigenvalue weighted by molar-refractivity contribution is 6.20. The third-order valence-electron chi connectivity index (χ3n) is 10.1. The summed E-state index contributed by atoms with van der Waals surface area (Å²) in [5, 5.41) is 0. The molecule has 8 rings (SSSR count). The molecule has 1 aromatic heterocycles. The number of allylic oxidation sites excluding steroid dienone is 2. The smallest absolute Gasteiger partial charge is 0.354 e. The Balaban J connectivity index is 1.45. The maximum atomic E-state index is 7.36. The molecule has 2 radical (unpaired) electrons. The molecule has 1 aliphatic rings. The van der Waals surface area contributed by atoms with Gasteiger partial charge in [-0.05, 0) is 79.3 Å². The van der Waals surface area contributed by atoms with Gasteiger partial charge in [-0.2, -0.15) is 0 Å². The quantitative estimate of drug-likeness (QED) is 0.163. The van der Waals surface area contributed by atoms with Crippen LogP contribution in [0.5, 0.6) is 0 Å². The van der Waals surface area contributed by atoms with E-state index >= 15 is 0 Å². The van der Waals surface area contributed by atoms with Crippen molar-refractivity contribution in [1.82, 2.24) is 4.98 Å². The van der Waals surface area contributed by atoms with Gasteiger partial charge in [0.1, 0.15) is 0 Å². The van der Waals surface area contributed by atoms with E-state index in [-0.39, 0.29) is 0 Å². The molecule has 0 spiro atoms. The van der Waals surface area contributed by atoms with Gasteiger partial charge in [-0.25, -0.2) is 0 Å². The molecule has 0 fully saturated rings. The van der Waals surface area contributed by atoms with E-state index in [1.165, 1.54) is 27.8 Å². The molecule has 1 aliphatic heterocycles. The first-order valence-corrected chi connectivity index (χ1v) is 17.9. The molecule has 0 amide bonds. The van der Waals surface area contributed by atoms with E-state index in [0.717, 1.165) is 72.9 Å². The minimum Gasteiger partial charge on any atom is -0.354 e. The summed E-state index contributed by atoms with van der Waals surface area (Å²) in [5.41, 5.74) is 19.9. The maximum absolute atomic E-state index is 7.36. The van der Waals surface area contributed by atoms with Crippen molar-refractivity contribution in [3.63, 3.8) is 0 Å². The number of aromatic amines is 1. The zero-order chi connectivity index (χ0) is 35.8. The van der Waals surface area contributed by atoms with E-state index in [2.05, 4.69) is 196 Å². The molecule has 0 saturated carbocycles. The van der Waals surface area contributed by atoms with E-state index in [0.29, 0.717) is 0 Å². The Morgan fingerprint density at radius 3 is 1.50 bits per heavy atom. The maximum Gasteiger partial charge on any atom is 0.587 e. The average molecular weight is 668 g/mol. The van der Waals surface area contributed by atoms with Crippen LogP contribution in [-0.2, 0) is 0 Å². The minimum absolute atomic E-state index is 0.942. The number of aromatic nitrogens is 1. The number of H-pyrrole nitrogens is 1. The van der Waals surface area contributed by atoms with Gasteiger partial charge in [0.05, 0.1) is 16.8 Å². The van der Waals surface area contributed by atoms with Crippen LogP contribution in [0, 0.1) is 27.7 Å². The van der Waals surface area contributed by atoms with Crippen molar-refractivity contribution in [2.75, 3.05) is 0 Å². The Morgan fingerprint density at radius 1 is 0.481 bits per heavy atom. The fourth-order valence-electron chi connectivity index (χ4n) is 7.04. The molecule has 2 heterocycles. The molecule has 0 saturated heterocycles. The highest BCUT2D eigenvalue weighted by Gasteiger charge is 2.35. The van der Waals surface area contributed by atoms with Gasteiger partial charge in [0.15, 0.2) is 11.4 Å². The predicted molar refractivity (Wildman–Crippen MR) is 219 cm³/mol. The van der Waals surface area contributed by atoms with Crippen molar-refractivity contribution in [3.8, 4) is 33.5 Å². The molecule has 7 aromatic rings. The van der Waals surface area contributed by atoms with E-state index in [1.54, 1.807) is 0 Å². The van der Waals surface area contributed by atoms with Crippen LogP contribution in [0.15, 0.2) is 169 Å². The zero-order valence-corrected chi connectivity index (χ0v) is 30.1. The second-order valence-electron chi connectivity index (χ2n) is 13.9. The molecule has 0 bridgehead atoms. The molecule has 52 heavy (non-hydrogen) atoms. The van der Waals surface area contributed by atoms with Crippen LogP contribution in [0.3, 0.4) is 0 Å². The molecule has 0 unspecified atom stereocenters. The molecular weight excluding hydrogens is 627 g/mol. The first-order valence-electron chi connectivity index (χ1n) is 17.9. The Kier molecular flexibility index (Phi) is 8.79. The van der Waals surface area contributed by atoms with E-state index in [9.17, 15) is 0 Å². The van der Waals surface area contributed by atoms with Crippen LogP contribution < -0.4 is 0 Å². The zero-order valence-electron chi connectivity index (χ0n) is 30.1. The summed E-state index contributed by atoms with van der Waals surface area (Å²) in [6.45, 7) is 8.50. The van der Waals surface area contributed by atoms with Crippen molar-refractivity contribution >= 4 is 24.8 Å². The number of rotatable bonds is 7. The molecule has 0 aliphatic carbocycles. The van der Waals surface area contributed by atoms with Gasteiger partial charge < -0.3 is 4.98 Å². The Labute approximate surface area is 308 Å². The number of nitrogens with zero attached hydrogens (tertiary/aromatic N) is 1. The van der Waals surface area contributed by atoms with Crippen LogP contribution >= 0.6 is 0 Å². The highest BCUT2D eigenvalue weighted by Crippen LogP contribution is 2.43. The van der Waals surface area contributed by atoms with Crippen molar-refractivity contribution in [2.45, 2.75) is 27.7 Å². The monoisotopic (exact) mass is 667 g/mol. The lowest BCUT2D eigenvalue weighted by atomic mass is 9.89. The van der Waals surface area contributed by atoms with Crippen molar-refractivity contribution in [3.05, 3.63) is 214 Å². The number of nitrogens with one attached hydrogen (secondary N) is 1. The molecule has 2 nitrogen and oxygen atoms in total. The first kappa shape index (κ1) is 33.0. The molecule has 248 valence electrons. The van der Waals surface area contributed by atoms with Crippen molar-refractivity contribution < 1.29 is 4.49 Å². The number of benzene rings is 6. The van der Waals surface area contributed by atoms with E-state index in [1.807, 2.05) is 4.49 Å². The summed E-state index contributed by atoms with van der Waals surface area (Å²) in [6, 6.07) is 56.6. The van der Waals surface area contributed by atoms with Gasteiger partial charge in [0.25, 0.3) is 0 Å². The summed E-state index contributed by atoms with van der Waals surface area (Å²) in [7, 11) is 7.36. The second kappa shape index (κ2) is 13.9. The van der Waals surface area contributed by atoms with Gasteiger partial charge >= 0.3 is 7.98 Å². The Morgan fingerprint density at radius 2 is 0.942 bits per heavy atom.